The minimum absolute atomic E-state index is 1.21. The Hall–Kier alpha value is -0.720. The van der Waals surface area contributed by atoms with Crippen LogP contribution in [0.25, 0.3) is 0 Å². The summed E-state index contributed by atoms with van der Waals surface area (Å²) in [6.45, 7) is 4.32. The SMILES string of the molecule is CCCCCC1=C(C)[N]C=C1. The molecule has 0 saturated heterocycles. The van der Waals surface area contributed by atoms with Crippen molar-refractivity contribution >= 4 is 0 Å². The van der Waals surface area contributed by atoms with Crippen molar-refractivity contribution in [2.75, 3.05) is 0 Å². The molecule has 1 heteroatoms. The standard InChI is InChI=1S/C10H16N/c1-3-4-5-6-10-7-8-11-9(10)2/h7-8H,3-6H2,1-2H3. The van der Waals surface area contributed by atoms with Gasteiger partial charge < -0.3 is 0 Å². The van der Waals surface area contributed by atoms with Gasteiger partial charge in [-0.1, -0.05) is 19.8 Å². The third kappa shape index (κ3) is 2.41. The largest absolute Gasteiger partial charge is 0.261 e. The lowest BCUT2D eigenvalue weighted by Gasteiger charge is -1.99. The molecule has 0 atom stereocenters. The quantitative estimate of drug-likeness (QED) is 0.547. The molecule has 0 aromatic heterocycles. The predicted octanol–water partition coefficient (Wildman–Crippen LogP) is 2.97. The van der Waals surface area contributed by atoms with Crippen LogP contribution in [-0.4, -0.2) is 0 Å². The van der Waals surface area contributed by atoms with Gasteiger partial charge in [-0.05, 0) is 31.4 Å². The number of hydrogen-bond donors (Lipinski definition) is 0. The Balaban J connectivity index is 2.25. The molecule has 0 amide bonds. The fourth-order valence-corrected chi connectivity index (χ4v) is 1.27. The first kappa shape index (κ1) is 8.38. The van der Waals surface area contributed by atoms with Gasteiger partial charge >= 0.3 is 0 Å². The van der Waals surface area contributed by atoms with Crippen molar-refractivity contribution in [3.8, 4) is 0 Å². The van der Waals surface area contributed by atoms with E-state index < -0.39 is 0 Å². The van der Waals surface area contributed by atoms with E-state index in [-0.39, 0.29) is 0 Å². The summed E-state index contributed by atoms with van der Waals surface area (Å²) in [5, 5.41) is 4.20. The van der Waals surface area contributed by atoms with E-state index in [1.54, 1.807) is 0 Å². The van der Waals surface area contributed by atoms with Crippen molar-refractivity contribution in [3.05, 3.63) is 23.5 Å². The Morgan fingerprint density at radius 2 is 2.18 bits per heavy atom. The molecule has 0 aromatic rings. The van der Waals surface area contributed by atoms with Gasteiger partial charge in [-0.3, -0.25) is 5.32 Å². The summed E-state index contributed by atoms with van der Waals surface area (Å²) in [6.07, 6.45) is 9.18. The zero-order valence-corrected chi connectivity index (χ0v) is 7.43. The van der Waals surface area contributed by atoms with Crippen molar-refractivity contribution in [2.24, 2.45) is 0 Å². The molecule has 1 heterocycles. The van der Waals surface area contributed by atoms with E-state index in [4.69, 9.17) is 0 Å². The van der Waals surface area contributed by atoms with Gasteiger partial charge in [0.25, 0.3) is 0 Å². The summed E-state index contributed by atoms with van der Waals surface area (Å²) >= 11 is 0. The highest BCUT2D eigenvalue weighted by atomic mass is 14.9. The lowest BCUT2D eigenvalue weighted by molar-refractivity contribution is 0.716. The van der Waals surface area contributed by atoms with Gasteiger partial charge in [-0.15, -0.1) is 0 Å². The average Bonchev–Trinajstić information content (AvgIpc) is 2.37. The van der Waals surface area contributed by atoms with Crippen LogP contribution in [0.4, 0.5) is 0 Å². The van der Waals surface area contributed by atoms with Crippen LogP contribution in [0.1, 0.15) is 39.5 Å². The molecule has 11 heavy (non-hydrogen) atoms. The lowest BCUT2D eigenvalue weighted by Crippen LogP contribution is -1.88. The fraction of sp³-hybridized carbons (Fsp3) is 0.600. The average molecular weight is 150 g/mol. The Bertz CT molecular complexity index is 177. The predicted molar refractivity (Wildman–Crippen MR) is 48.1 cm³/mol. The number of rotatable bonds is 4. The molecular formula is C10H16N. The Morgan fingerprint density at radius 1 is 1.36 bits per heavy atom. The molecule has 0 spiro atoms. The minimum atomic E-state index is 1.21. The van der Waals surface area contributed by atoms with Crippen LogP contribution in [0.2, 0.25) is 0 Å². The van der Waals surface area contributed by atoms with E-state index in [1.807, 2.05) is 6.20 Å². The summed E-state index contributed by atoms with van der Waals surface area (Å²) < 4.78 is 0. The molecule has 61 valence electrons. The van der Waals surface area contributed by atoms with E-state index in [1.165, 1.54) is 37.0 Å². The van der Waals surface area contributed by atoms with Gasteiger partial charge in [-0.2, -0.15) is 0 Å². The van der Waals surface area contributed by atoms with Crippen LogP contribution >= 0.6 is 0 Å². The van der Waals surface area contributed by atoms with E-state index >= 15 is 0 Å². The van der Waals surface area contributed by atoms with Crippen LogP contribution in [0.5, 0.6) is 0 Å². The second-order valence-electron chi connectivity index (χ2n) is 3.01. The minimum Gasteiger partial charge on any atom is -0.261 e. The summed E-state index contributed by atoms with van der Waals surface area (Å²) in [7, 11) is 0. The Labute approximate surface area is 69.2 Å². The molecule has 0 N–H and O–H groups in total. The molecule has 1 rings (SSSR count). The molecule has 1 nitrogen and oxygen atoms in total. The molecular weight excluding hydrogens is 134 g/mol. The van der Waals surface area contributed by atoms with Gasteiger partial charge in [0, 0.05) is 11.9 Å². The van der Waals surface area contributed by atoms with Crippen LogP contribution in [0, 0.1) is 0 Å². The molecule has 0 saturated carbocycles. The maximum atomic E-state index is 4.20. The van der Waals surface area contributed by atoms with E-state index in [0.29, 0.717) is 0 Å². The molecule has 0 aliphatic carbocycles. The zero-order chi connectivity index (χ0) is 8.10. The molecule has 1 aliphatic rings. The van der Waals surface area contributed by atoms with Gasteiger partial charge in [0.1, 0.15) is 0 Å². The van der Waals surface area contributed by atoms with E-state index in [9.17, 15) is 0 Å². The number of hydrogen-bond acceptors (Lipinski definition) is 0. The second kappa shape index (κ2) is 4.22. The number of unbranched alkanes of at least 4 members (excludes halogenated alkanes) is 2. The molecule has 0 unspecified atom stereocenters. The topological polar surface area (TPSA) is 14.1 Å². The summed E-state index contributed by atoms with van der Waals surface area (Å²) in [6, 6.07) is 0. The Morgan fingerprint density at radius 3 is 2.73 bits per heavy atom. The van der Waals surface area contributed by atoms with Crippen LogP contribution in [0.15, 0.2) is 23.5 Å². The van der Waals surface area contributed by atoms with Gasteiger partial charge in [0.2, 0.25) is 0 Å². The highest BCUT2D eigenvalue weighted by Gasteiger charge is 2.03. The van der Waals surface area contributed by atoms with Crippen LogP contribution in [0.3, 0.4) is 0 Å². The third-order valence-electron chi connectivity index (χ3n) is 2.06. The molecule has 0 fully saturated rings. The van der Waals surface area contributed by atoms with Crippen LogP contribution < -0.4 is 5.32 Å². The number of nitrogens with zero attached hydrogens (tertiary/aromatic N) is 1. The first-order chi connectivity index (χ1) is 5.34. The lowest BCUT2D eigenvalue weighted by atomic mass is 10.1. The maximum absolute atomic E-state index is 4.20. The summed E-state index contributed by atoms with van der Waals surface area (Å²) in [5.41, 5.74) is 2.64. The van der Waals surface area contributed by atoms with Crippen molar-refractivity contribution in [2.45, 2.75) is 39.5 Å². The smallest absolute Gasteiger partial charge is 0.0405 e. The van der Waals surface area contributed by atoms with Gasteiger partial charge in [-0.25, -0.2) is 0 Å². The second-order valence-corrected chi connectivity index (χ2v) is 3.01. The van der Waals surface area contributed by atoms with Crippen molar-refractivity contribution < 1.29 is 0 Å². The fourth-order valence-electron chi connectivity index (χ4n) is 1.27. The van der Waals surface area contributed by atoms with Crippen molar-refractivity contribution in [1.29, 1.82) is 0 Å². The van der Waals surface area contributed by atoms with Gasteiger partial charge in [0.05, 0.1) is 0 Å². The molecule has 0 bridgehead atoms. The van der Waals surface area contributed by atoms with Crippen molar-refractivity contribution in [1.82, 2.24) is 5.32 Å². The normalized spacial score (nSPS) is 15.8. The highest BCUT2D eigenvalue weighted by Crippen LogP contribution is 2.17. The first-order valence-corrected chi connectivity index (χ1v) is 4.41. The van der Waals surface area contributed by atoms with E-state index in [2.05, 4.69) is 25.2 Å². The third-order valence-corrected chi connectivity index (χ3v) is 2.06. The van der Waals surface area contributed by atoms with Crippen LogP contribution in [-0.2, 0) is 0 Å². The highest BCUT2D eigenvalue weighted by molar-refractivity contribution is 5.29. The van der Waals surface area contributed by atoms with Crippen molar-refractivity contribution in [3.63, 3.8) is 0 Å². The molecule has 1 radical (unpaired) electrons. The molecule has 1 aliphatic heterocycles. The zero-order valence-electron chi connectivity index (χ0n) is 7.43. The summed E-state index contributed by atoms with van der Waals surface area (Å²) in [4.78, 5) is 0. The Kier molecular flexibility index (Phi) is 3.21. The number of allylic oxidation sites excluding steroid dienone is 3. The summed E-state index contributed by atoms with van der Waals surface area (Å²) in [5.74, 6) is 0. The monoisotopic (exact) mass is 150 g/mol. The van der Waals surface area contributed by atoms with E-state index in [0.717, 1.165) is 0 Å². The first-order valence-electron chi connectivity index (χ1n) is 4.41. The van der Waals surface area contributed by atoms with Gasteiger partial charge in [0.15, 0.2) is 0 Å². The molecule has 0 aromatic carbocycles. The maximum Gasteiger partial charge on any atom is 0.0405 e.